The number of nitrogens with two attached hydrogens (primary N) is 1. The molecular formula is C18H17IN2. The first-order valence-electron chi connectivity index (χ1n) is 6.96. The minimum absolute atomic E-state index is 0.108. The van der Waals surface area contributed by atoms with Gasteiger partial charge in [-0.25, -0.2) is 0 Å². The molecule has 0 heterocycles. The fourth-order valence-electron chi connectivity index (χ4n) is 2.67. The maximum atomic E-state index is 5.82. The zero-order valence-corrected chi connectivity index (χ0v) is 13.7. The first-order chi connectivity index (χ1) is 10.3. The molecule has 106 valence electrons. The van der Waals surface area contributed by atoms with Crippen LogP contribution in [-0.2, 0) is 6.42 Å². The van der Waals surface area contributed by atoms with Crippen molar-refractivity contribution in [3.05, 3.63) is 81.4 Å². The van der Waals surface area contributed by atoms with E-state index in [0.29, 0.717) is 0 Å². The maximum absolute atomic E-state index is 5.82. The second kappa shape index (κ2) is 6.56. The molecule has 3 heteroatoms. The quantitative estimate of drug-likeness (QED) is 0.400. The van der Waals surface area contributed by atoms with Crippen LogP contribution in [0.15, 0.2) is 66.7 Å². The van der Waals surface area contributed by atoms with Crippen LogP contribution in [0, 0.1) is 3.57 Å². The number of hydrazine groups is 1. The fourth-order valence-corrected chi connectivity index (χ4v) is 3.03. The van der Waals surface area contributed by atoms with Crippen LogP contribution in [0.5, 0.6) is 0 Å². The molecule has 3 aromatic rings. The monoisotopic (exact) mass is 388 g/mol. The Morgan fingerprint density at radius 2 is 1.62 bits per heavy atom. The molecule has 0 saturated carbocycles. The first-order valence-corrected chi connectivity index (χ1v) is 8.04. The minimum Gasteiger partial charge on any atom is -0.271 e. The minimum atomic E-state index is 0.108. The van der Waals surface area contributed by atoms with E-state index in [1.54, 1.807) is 0 Å². The van der Waals surface area contributed by atoms with E-state index in [1.807, 2.05) is 0 Å². The second-order valence-corrected chi connectivity index (χ2v) is 6.36. The molecule has 21 heavy (non-hydrogen) atoms. The van der Waals surface area contributed by atoms with Crippen molar-refractivity contribution < 1.29 is 0 Å². The van der Waals surface area contributed by atoms with Crippen molar-refractivity contribution in [1.82, 2.24) is 5.43 Å². The molecule has 0 spiro atoms. The Morgan fingerprint density at radius 3 is 2.38 bits per heavy atom. The van der Waals surface area contributed by atoms with E-state index in [-0.39, 0.29) is 6.04 Å². The van der Waals surface area contributed by atoms with Crippen LogP contribution < -0.4 is 11.3 Å². The molecule has 0 aromatic heterocycles. The number of fused-ring (bicyclic) bond motifs is 1. The number of halogens is 1. The molecule has 0 saturated heterocycles. The summed E-state index contributed by atoms with van der Waals surface area (Å²) in [6.45, 7) is 0. The van der Waals surface area contributed by atoms with Crippen LogP contribution in [0.4, 0.5) is 0 Å². The lowest BCUT2D eigenvalue weighted by molar-refractivity contribution is 0.555. The predicted octanol–water partition coefficient (Wildman–Crippen LogP) is 4.19. The molecule has 3 aromatic carbocycles. The Labute approximate surface area is 138 Å². The molecule has 0 bridgehead atoms. The van der Waals surface area contributed by atoms with Crippen LogP contribution in [0.1, 0.15) is 17.2 Å². The van der Waals surface area contributed by atoms with E-state index in [0.717, 1.165) is 6.42 Å². The third-order valence-electron chi connectivity index (χ3n) is 3.75. The maximum Gasteiger partial charge on any atom is 0.0506 e. The summed E-state index contributed by atoms with van der Waals surface area (Å²) in [6.07, 6.45) is 0.876. The molecule has 0 aliphatic carbocycles. The summed E-state index contributed by atoms with van der Waals surface area (Å²) in [6, 6.07) is 23.5. The highest BCUT2D eigenvalue weighted by molar-refractivity contribution is 14.1. The number of nitrogens with one attached hydrogen (secondary N) is 1. The Kier molecular flexibility index (Phi) is 4.53. The zero-order chi connectivity index (χ0) is 14.7. The lowest BCUT2D eigenvalue weighted by Gasteiger charge is -2.18. The second-order valence-electron chi connectivity index (χ2n) is 5.12. The summed E-state index contributed by atoms with van der Waals surface area (Å²) in [4.78, 5) is 0. The van der Waals surface area contributed by atoms with Crippen LogP contribution in [0.3, 0.4) is 0 Å². The van der Waals surface area contributed by atoms with Crippen molar-refractivity contribution in [2.24, 2.45) is 5.84 Å². The van der Waals surface area contributed by atoms with Gasteiger partial charge in [-0.2, -0.15) is 0 Å². The molecule has 0 fully saturated rings. The van der Waals surface area contributed by atoms with Crippen LogP contribution >= 0.6 is 22.6 Å². The topological polar surface area (TPSA) is 38.0 Å². The van der Waals surface area contributed by atoms with Crippen molar-refractivity contribution in [1.29, 1.82) is 0 Å². The molecule has 3 rings (SSSR count). The standard InChI is InChI=1S/C18H17IN2/c19-15-10-8-13(9-11-15)12-18(21-20)17-7-3-5-14-4-1-2-6-16(14)17/h1-11,18,21H,12,20H2. The van der Waals surface area contributed by atoms with Crippen LogP contribution in [0.25, 0.3) is 10.8 Å². The van der Waals surface area contributed by atoms with E-state index >= 15 is 0 Å². The van der Waals surface area contributed by atoms with Gasteiger partial charge >= 0.3 is 0 Å². The van der Waals surface area contributed by atoms with E-state index < -0.39 is 0 Å². The highest BCUT2D eigenvalue weighted by atomic mass is 127. The van der Waals surface area contributed by atoms with Gasteiger partial charge in [0, 0.05) is 3.57 Å². The number of hydrogen-bond acceptors (Lipinski definition) is 2. The molecule has 0 radical (unpaired) electrons. The Morgan fingerprint density at radius 1 is 0.905 bits per heavy atom. The highest BCUT2D eigenvalue weighted by Crippen LogP contribution is 2.26. The van der Waals surface area contributed by atoms with Gasteiger partial charge in [-0.3, -0.25) is 11.3 Å². The largest absolute Gasteiger partial charge is 0.271 e. The van der Waals surface area contributed by atoms with Gasteiger partial charge in [0.25, 0.3) is 0 Å². The summed E-state index contributed by atoms with van der Waals surface area (Å²) < 4.78 is 1.25. The summed E-state index contributed by atoms with van der Waals surface area (Å²) in [5.74, 6) is 5.82. The van der Waals surface area contributed by atoms with Gasteiger partial charge in [0.1, 0.15) is 0 Å². The van der Waals surface area contributed by atoms with Crippen molar-refractivity contribution >= 4 is 33.4 Å². The van der Waals surface area contributed by atoms with Crippen LogP contribution in [0.2, 0.25) is 0 Å². The normalized spacial score (nSPS) is 12.5. The van der Waals surface area contributed by atoms with Gasteiger partial charge in [-0.1, -0.05) is 54.6 Å². The summed E-state index contributed by atoms with van der Waals surface area (Å²) in [7, 11) is 0. The van der Waals surface area contributed by atoms with Gasteiger partial charge in [0.05, 0.1) is 6.04 Å². The molecule has 3 N–H and O–H groups in total. The van der Waals surface area contributed by atoms with E-state index in [2.05, 4.69) is 94.7 Å². The van der Waals surface area contributed by atoms with E-state index in [4.69, 9.17) is 5.84 Å². The Bertz CT molecular complexity index is 732. The van der Waals surface area contributed by atoms with Crippen molar-refractivity contribution in [3.8, 4) is 0 Å². The predicted molar refractivity (Wildman–Crippen MR) is 96.9 cm³/mol. The lowest BCUT2D eigenvalue weighted by atomic mass is 9.94. The number of benzene rings is 3. The van der Waals surface area contributed by atoms with E-state index in [1.165, 1.54) is 25.5 Å². The fraction of sp³-hybridized carbons (Fsp3) is 0.111. The molecule has 0 amide bonds. The first kappa shape index (κ1) is 14.5. The van der Waals surface area contributed by atoms with Gasteiger partial charge in [-0.15, -0.1) is 0 Å². The summed E-state index contributed by atoms with van der Waals surface area (Å²) in [5, 5.41) is 2.51. The molecule has 0 aliphatic heterocycles. The van der Waals surface area contributed by atoms with Gasteiger partial charge in [0.2, 0.25) is 0 Å². The van der Waals surface area contributed by atoms with Gasteiger partial charge in [0.15, 0.2) is 0 Å². The van der Waals surface area contributed by atoms with Crippen molar-refractivity contribution in [3.63, 3.8) is 0 Å². The summed E-state index contributed by atoms with van der Waals surface area (Å²) in [5.41, 5.74) is 5.50. The SMILES string of the molecule is NNC(Cc1ccc(I)cc1)c1cccc2ccccc12. The third kappa shape index (κ3) is 3.26. The molecule has 1 unspecified atom stereocenters. The average molecular weight is 388 g/mol. The Hall–Kier alpha value is -1.43. The average Bonchev–Trinajstić information content (AvgIpc) is 2.54. The Balaban J connectivity index is 1.96. The van der Waals surface area contributed by atoms with E-state index in [9.17, 15) is 0 Å². The van der Waals surface area contributed by atoms with Crippen LogP contribution in [-0.4, -0.2) is 0 Å². The van der Waals surface area contributed by atoms with Gasteiger partial charge < -0.3 is 0 Å². The molecular weight excluding hydrogens is 371 g/mol. The highest BCUT2D eigenvalue weighted by Gasteiger charge is 2.13. The van der Waals surface area contributed by atoms with Crippen molar-refractivity contribution in [2.45, 2.75) is 12.5 Å². The molecule has 1 atom stereocenters. The van der Waals surface area contributed by atoms with Crippen molar-refractivity contribution in [2.75, 3.05) is 0 Å². The lowest BCUT2D eigenvalue weighted by Crippen LogP contribution is -2.29. The zero-order valence-electron chi connectivity index (χ0n) is 11.6. The molecule has 2 nitrogen and oxygen atoms in total. The smallest absolute Gasteiger partial charge is 0.0506 e. The molecule has 0 aliphatic rings. The number of hydrogen-bond donors (Lipinski definition) is 2. The number of rotatable bonds is 4. The third-order valence-corrected chi connectivity index (χ3v) is 4.47. The summed E-state index contributed by atoms with van der Waals surface area (Å²) >= 11 is 2.32. The van der Waals surface area contributed by atoms with Gasteiger partial charge in [-0.05, 0) is 63.0 Å².